The average molecular weight is 396 g/mol. The molecule has 1 heterocycles. The van der Waals surface area contributed by atoms with Crippen molar-refractivity contribution in [3.8, 4) is 5.75 Å². The fourth-order valence-electron chi connectivity index (χ4n) is 2.17. The topological polar surface area (TPSA) is 73.2 Å². The molecule has 0 aliphatic heterocycles. The molecule has 0 unspecified atom stereocenters. The molecule has 136 valence electrons. The second kappa shape index (κ2) is 7.35. The number of anilines is 1. The Hall–Kier alpha value is -2.58. The zero-order valence-electron chi connectivity index (χ0n) is 13.7. The van der Waals surface area contributed by atoms with E-state index >= 15 is 0 Å². The van der Waals surface area contributed by atoms with E-state index in [0.717, 1.165) is 5.56 Å². The minimum absolute atomic E-state index is 0.0150. The molecule has 0 spiro atoms. The second-order valence-corrected chi connectivity index (χ2v) is 7.46. The Labute approximate surface area is 155 Å². The van der Waals surface area contributed by atoms with Gasteiger partial charge in [-0.3, -0.25) is 4.72 Å². The van der Waals surface area contributed by atoms with E-state index in [1.807, 2.05) is 0 Å². The van der Waals surface area contributed by atoms with Crippen LogP contribution in [0.1, 0.15) is 5.56 Å². The first-order valence-electron chi connectivity index (χ1n) is 7.52. The number of rotatable bonds is 6. The third-order valence-electron chi connectivity index (χ3n) is 3.49. The molecule has 1 N–H and O–H groups in total. The number of aryl methyl sites for hydroxylation is 1. The van der Waals surface area contributed by atoms with Gasteiger partial charge in [-0.2, -0.15) is 8.42 Å². The third-order valence-corrected chi connectivity index (χ3v) is 5.36. The summed E-state index contributed by atoms with van der Waals surface area (Å²) in [5.74, 6) is 0.139. The molecule has 0 bridgehead atoms. The second-order valence-electron chi connectivity index (χ2n) is 5.50. The number of imidazole rings is 1. The predicted molar refractivity (Wildman–Crippen MR) is 96.2 cm³/mol. The zero-order chi connectivity index (χ0) is 18.7. The Balaban J connectivity index is 1.72. The highest BCUT2D eigenvalue weighted by Crippen LogP contribution is 2.24. The van der Waals surface area contributed by atoms with Gasteiger partial charge in [-0.15, -0.1) is 0 Å². The maximum atomic E-state index is 12.9. The monoisotopic (exact) mass is 395 g/mol. The molecule has 0 radical (unpaired) electrons. The zero-order valence-corrected chi connectivity index (χ0v) is 15.3. The number of nitrogens with zero attached hydrogens (tertiary/aromatic N) is 2. The maximum absolute atomic E-state index is 12.9. The molecule has 0 aliphatic rings. The van der Waals surface area contributed by atoms with E-state index in [1.54, 1.807) is 37.4 Å². The van der Waals surface area contributed by atoms with Gasteiger partial charge in [-0.25, -0.2) is 9.37 Å². The van der Waals surface area contributed by atoms with Gasteiger partial charge in [0.15, 0.2) is 0 Å². The van der Waals surface area contributed by atoms with Crippen molar-refractivity contribution in [3.63, 3.8) is 0 Å². The van der Waals surface area contributed by atoms with Crippen LogP contribution in [0.15, 0.2) is 59.9 Å². The number of sulfonamides is 1. The number of aromatic nitrogens is 2. The molecule has 0 amide bonds. The van der Waals surface area contributed by atoms with Crippen LogP contribution in [0, 0.1) is 5.82 Å². The molecular formula is C17H15ClFN3O3S. The van der Waals surface area contributed by atoms with Crippen LogP contribution in [0.5, 0.6) is 5.75 Å². The molecule has 3 rings (SSSR count). The number of hydrogen-bond acceptors (Lipinski definition) is 4. The molecule has 26 heavy (non-hydrogen) atoms. The lowest BCUT2D eigenvalue weighted by Gasteiger charge is -2.10. The van der Waals surface area contributed by atoms with Crippen molar-refractivity contribution in [3.05, 3.63) is 71.4 Å². The summed E-state index contributed by atoms with van der Waals surface area (Å²) in [6.07, 6.45) is 1.32. The molecule has 1 aromatic heterocycles. The van der Waals surface area contributed by atoms with Gasteiger partial charge in [0.25, 0.3) is 10.0 Å². The third kappa shape index (κ3) is 4.14. The van der Waals surface area contributed by atoms with Crippen molar-refractivity contribution >= 4 is 27.3 Å². The number of halogens is 2. The number of hydrogen-bond donors (Lipinski definition) is 1. The fourth-order valence-corrected chi connectivity index (χ4v) is 3.66. The molecule has 0 atom stereocenters. The first-order valence-corrected chi connectivity index (χ1v) is 9.38. The lowest BCUT2D eigenvalue weighted by atomic mass is 10.2. The van der Waals surface area contributed by atoms with Crippen LogP contribution in [-0.2, 0) is 23.7 Å². The van der Waals surface area contributed by atoms with E-state index in [4.69, 9.17) is 16.3 Å². The molecule has 6 nitrogen and oxygen atoms in total. The minimum Gasteiger partial charge on any atom is -0.489 e. The average Bonchev–Trinajstić information content (AvgIpc) is 2.94. The number of nitrogens with one attached hydrogen (secondary N) is 1. The molecule has 0 saturated carbocycles. The van der Waals surface area contributed by atoms with Crippen LogP contribution in [0.25, 0.3) is 0 Å². The SMILES string of the molecule is Cn1cnc(S(=O)(=O)Nc2cccc(OCc3ccc(F)cc3)c2)c1Cl. The van der Waals surface area contributed by atoms with E-state index < -0.39 is 10.0 Å². The molecule has 9 heteroatoms. The standard InChI is InChI=1S/C17H15ClFN3O3S/c1-22-11-20-17(16(22)18)26(23,24)21-14-3-2-4-15(9-14)25-10-12-5-7-13(19)8-6-12/h2-9,11,21H,10H2,1H3. The highest BCUT2D eigenvalue weighted by molar-refractivity contribution is 7.92. The lowest BCUT2D eigenvalue weighted by molar-refractivity contribution is 0.306. The Morgan fingerprint density at radius 2 is 1.96 bits per heavy atom. The summed E-state index contributed by atoms with van der Waals surface area (Å²) >= 11 is 5.95. The minimum atomic E-state index is -3.92. The maximum Gasteiger partial charge on any atom is 0.282 e. The largest absolute Gasteiger partial charge is 0.489 e. The van der Waals surface area contributed by atoms with Crippen molar-refractivity contribution in [2.24, 2.45) is 7.05 Å². The Morgan fingerprint density at radius 3 is 2.62 bits per heavy atom. The highest BCUT2D eigenvalue weighted by atomic mass is 35.5. The Morgan fingerprint density at radius 1 is 1.23 bits per heavy atom. The molecular weight excluding hydrogens is 381 g/mol. The summed E-state index contributed by atoms with van der Waals surface area (Å²) in [5, 5.41) is -0.236. The smallest absolute Gasteiger partial charge is 0.282 e. The van der Waals surface area contributed by atoms with Crippen molar-refractivity contribution in [2.45, 2.75) is 11.6 Å². The molecule has 0 aliphatic carbocycles. The Kier molecular flexibility index (Phi) is 5.15. The van der Waals surface area contributed by atoms with E-state index in [2.05, 4.69) is 9.71 Å². The van der Waals surface area contributed by atoms with E-state index in [1.165, 1.54) is 29.1 Å². The Bertz CT molecular complexity index is 1020. The van der Waals surface area contributed by atoms with Gasteiger partial charge in [0, 0.05) is 13.1 Å². The lowest BCUT2D eigenvalue weighted by Crippen LogP contribution is -2.14. The van der Waals surface area contributed by atoms with Crippen molar-refractivity contribution in [1.82, 2.24) is 9.55 Å². The first-order chi connectivity index (χ1) is 12.3. The van der Waals surface area contributed by atoms with Crippen LogP contribution in [-0.4, -0.2) is 18.0 Å². The molecule has 0 fully saturated rings. The van der Waals surface area contributed by atoms with Gasteiger partial charge in [0.2, 0.25) is 5.03 Å². The van der Waals surface area contributed by atoms with Gasteiger partial charge < -0.3 is 9.30 Å². The summed E-state index contributed by atoms with van der Waals surface area (Å²) in [4.78, 5) is 3.81. The van der Waals surface area contributed by atoms with Gasteiger partial charge in [0.05, 0.1) is 12.0 Å². The summed E-state index contributed by atoms with van der Waals surface area (Å²) in [5.41, 5.74) is 1.10. The van der Waals surface area contributed by atoms with E-state index in [9.17, 15) is 12.8 Å². The van der Waals surface area contributed by atoms with Crippen LogP contribution in [0.2, 0.25) is 5.15 Å². The first kappa shape index (κ1) is 18.2. The van der Waals surface area contributed by atoms with Crippen LogP contribution < -0.4 is 9.46 Å². The quantitative estimate of drug-likeness (QED) is 0.692. The molecule has 2 aromatic carbocycles. The molecule has 3 aromatic rings. The van der Waals surface area contributed by atoms with E-state index in [0.29, 0.717) is 11.4 Å². The number of benzene rings is 2. The fraction of sp³-hybridized carbons (Fsp3) is 0.118. The summed E-state index contributed by atoms with van der Waals surface area (Å²) in [6, 6.07) is 12.4. The van der Waals surface area contributed by atoms with Crippen molar-refractivity contribution in [1.29, 1.82) is 0 Å². The molecule has 0 saturated heterocycles. The normalized spacial score (nSPS) is 11.3. The van der Waals surface area contributed by atoms with Gasteiger partial charge in [-0.05, 0) is 29.8 Å². The van der Waals surface area contributed by atoms with Gasteiger partial charge in [-0.1, -0.05) is 29.8 Å². The van der Waals surface area contributed by atoms with Crippen LogP contribution in [0.4, 0.5) is 10.1 Å². The van der Waals surface area contributed by atoms with Crippen LogP contribution >= 0.6 is 11.6 Å². The predicted octanol–water partition coefficient (Wildman–Crippen LogP) is 3.59. The van der Waals surface area contributed by atoms with Gasteiger partial charge >= 0.3 is 0 Å². The van der Waals surface area contributed by atoms with Crippen molar-refractivity contribution in [2.75, 3.05) is 4.72 Å². The van der Waals surface area contributed by atoms with E-state index in [-0.39, 0.29) is 22.6 Å². The highest BCUT2D eigenvalue weighted by Gasteiger charge is 2.22. The van der Waals surface area contributed by atoms with Crippen molar-refractivity contribution < 1.29 is 17.5 Å². The van der Waals surface area contributed by atoms with Gasteiger partial charge in [0.1, 0.15) is 23.3 Å². The van der Waals surface area contributed by atoms with Crippen LogP contribution in [0.3, 0.4) is 0 Å². The summed E-state index contributed by atoms with van der Waals surface area (Å²) in [6.45, 7) is 0.225. The summed E-state index contributed by atoms with van der Waals surface area (Å²) < 4.78 is 47.2. The summed E-state index contributed by atoms with van der Waals surface area (Å²) in [7, 11) is -2.33. The number of ether oxygens (including phenoxy) is 1.